The van der Waals surface area contributed by atoms with Crippen molar-refractivity contribution in [2.75, 3.05) is 5.32 Å². The largest absolute Gasteiger partial charge is 0.418 e. The van der Waals surface area contributed by atoms with E-state index in [-0.39, 0.29) is 11.6 Å². The van der Waals surface area contributed by atoms with Crippen molar-refractivity contribution in [2.45, 2.75) is 39.9 Å². The molecule has 6 heteroatoms. The minimum atomic E-state index is -4.41. The quantitative estimate of drug-likeness (QED) is 0.883. The predicted molar refractivity (Wildman–Crippen MR) is 74.6 cm³/mol. The summed E-state index contributed by atoms with van der Waals surface area (Å²) in [6, 6.07) is 4.04. The number of nitrogens with one attached hydrogen (secondary N) is 1. The lowest BCUT2D eigenvalue weighted by atomic mass is 10.1. The van der Waals surface area contributed by atoms with Crippen molar-refractivity contribution >= 4 is 16.7 Å². The van der Waals surface area contributed by atoms with Gasteiger partial charge in [0.05, 0.1) is 11.1 Å². The molecule has 1 N–H and O–H groups in total. The second-order valence-corrected chi connectivity index (χ2v) is 4.22. The van der Waals surface area contributed by atoms with Crippen LogP contribution in [0.1, 0.15) is 33.3 Å². The molecule has 0 bridgehead atoms. The lowest BCUT2D eigenvalue weighted by molar-refractivity contribution is -0.136. The molecule has 0 fully saturated rings. The molecule has 1 heterocycles. The van der Waals surface area contributed by atoms with Gasteiger partial charge >= 0.3 is 6.18 Å². The van der Waals surface area contributed by atoms with Crippen LogP contribution in [0.5, 0.6) is 0 Å². The predicted octanol–water partition coefficient (Wildman–Crippen LogP) is 4.50. The average Bonchev–Trinajstić information content (AvgIpc) is 2.39. The van der Waals surface area contributed by atoms with Gasteiger partial charge in [-0.25, -0.2) is 9.97 Å². The monoisotopic (exact) mass is 285 g/mol. The molecular weight excluding hydrogens is 267 g/mol. The van der Waals surface area contributed by atoms with Crippen molar-refractivity contribution in [3.63, 3.8) is 0 Å². The van der Waals surface area contributed by atoms with Crippen LogP contribution < -0.4 is 5.32 Å². The minimum Gasteiger partial charge on any atom is -0.367 e. The summed E-state index contributed by atoms with van der Waals surface area (Å²) in [7, 11) is 0. The average molecular weight is 285 g/mol. The molecule has 1 aromatic heterocycles. The van der Waals surface area contributed by atoms with E-state index in [1.54, 1.807) is 6.07 Å². The molecule has 3 nitrogen and oxygen atoms in total. The molecule has 0 saturated carbocycles. The van der Waals surface area contributed by atoms with E-state index in [4.69, 9.17) is 0 Å². The fourth-order valence-electron chi connectivity index (χ4n) is 1.70. The van der Waals surface area contributed by atoms with E-state index in [9.17, 15) is 13.2 Å². The molecule has 2 rings (SSSR count). The Kier molecular flexibility index (Phi) is 5.30. The Morgan fingerprint density at radius 2 is 1.75 bits per heavy atom. The second-order valence-electron chi connectivity index (χ2n) is 4.22. The SMILES string of the molecule is CC.CC(C)Nc1ncnc2c(C(F)(F)F)cccc12. The maximum Gasteiger partial charge on any atom is 0.418 e. The van der Waals surface area contributed by atoms with E-state index in [2.05, 4.69) is 15.3 Å². The van der Waals surface area contributed by atoms with Gasteiger partial charge < -0.3 is 5.32 Å². The second kappa shape index (κ2) is 6.54. The maximum atomic E-state index is 12.8. The standard InChI is InChI=1S/C12H12F3N3.C2H6/c1-7(2)18-11-8-4-3-5-9(12(13,14)15)10(8)16-6-17-11;1-2/h3-7H,1-2H3,(H,16,17,18);1-2H3. The molecule has 0 amide bonds. The first-order valence-electron chi connectivity index (χ1n) is 6.47. The maximum absolute atomic E-state index is 12.8. The number of aromatic nitrogens is 2. The number of anilines is 1. The Balaban J connectivity index is 0.000000956. The van der Waals surface area contributed by atoms with E-state index in [1.807, 2.05) is 27.7 Å². The smallest absolute Gasteiger partial charge is 0.367 e. The van der Waals surface area contributed by atoms with Crippen molar-refractivity contribution in [3.05, 3.63) is 30.1 Å². The molecule has 20 heavy (non-hydrogen) atoms. The van der Waals surface area contributed by atoms with Crippen molar-refractivity contribution in [1.29, 1.82) is 0 Å². The molecule has 2 aromatic rings. The van der Waals surface area contributed by atoms with Gasteiger partial charge in [0.15, 0.2) is 0 Å². The highest BCUT2D eigenvalue weighted by Crippen LogP contribution is 2.35. The molecule has 0 spiro atoms. The molecule has 0 aliphatic carbocycles. The molecule has 0 aliphatic rings. The first-order chi connectivity index (χ1) is 9.39. The Morgan fingerprint density at radius 3 is 2.30 bits per heavy atom. The number of hydrogen-bond acceptors (Lipinski definition) is 3. The molecule has 0 saturated heterocycles. The van der Waals surface area contributed by atoms with Crippen LogP contribution in [0.3, 0.4) is 0 Å². The normalized spacial score (nSPS) is 11.2. The number of halogens is 3. The fraction of sp³-hybridized carbons (Fsp3) is 0.429. The number of alkyl halides is 3. The molecular formula is C14H18F3N3. The third-order valence-electron chi connectivity index (χ3n) is 2.40. The van der Waals surface area contributed by atoms with Crippen LogP contribution in [0.2, 0.25) is 0 Å². The van der Waals surface area contributed by atoms with Gasteiger partial charge in [-0.2, -0.15) is 13.2 Å². The van der Waals surface area contributed by atoms with E-state index < -0.39 is 11.7 Å². The van der Waals surface area contributed by atoms with E-state index in [0.717, 1.165) is 12.4 Å². The van der Waals surface area contributed by atoms with Gasteiger partial charge in [0.1, 0.15) is 12.1 Å². The van der Waals surface area contributed by atoms with Gasteiger partial charge in [-0.1, -0.05) is 19.9 Å². The molecule has 0 atom stereocenters. The zero-order valence-electron chi connectivity index (χ0n) is 11.9. The highest BCUT2D eigenvalue weighted by atomic mass is 19.4. The Hall–Kier alpha value is -1.85. The summed E-state index contributed by atoms with van der Waals surface area (Å²) in [4.78, 5) is 7.73. The summed E-state index contributed by atoms with van der Waals surface area (Å²) in [6.07, 6.45) is -3.27. The van der Waals surface area contributed by atoms with Crippen molar-refractivity contribution in [3.8, 4) is 0 Å². The zero-order chi connectivity index (χ0) is 15.3. The van der Waals surface area contributed by atoms with Crippen molar-refractivity contribution < 1.29 is 13.2 Å². The first-order valence-corrected chi connectivity index (χ1v) is 6.47. The summed E-state index contributed by atoms with van der Waals surface area (Å²) in [5.74, 6) is 0.418. The topological polar surface area (TPSA) is 37.8 Å². The van der Waals surface area contributed by atoms with Crippen LogP contribution in [0, 0.1) is 0 Å². The van der Waals surface area contributed by atoms with E-state index in [0.29, 0.717) is 11.2 Å². The number of rotatable bonds is 2. The summed E-state index contributed by atoms with van der Waals surface area (Å²) >= 11 is 0. The first kappa shape index (κ1) is 16.2. The van der Waals surface area contributed by atoms with Gasteiger partial charge in [-0.05, 0) is 26.0 Å². The summed E-state index contributed by atoms with van der Waals surface area (Å²) in [5, 5.41) is 3.38. The van der Waals surface area contributed by atoms with Gasteiger partial charge in [0.25, 0.3) is 0 Å². The highest BCUT2D eigenvalue weighted by molar-refractivity contribution is 5.91. The number of para-hydroxylation sites is 1. The highest BCUT2D eigenvalue weighted by Gasteiger charge is 2.33. The molecule has 0 aliphatic heterocycles. The van der Waals surface area contributed by atoms with E-state index >= 15 is 0 Å². The Labute approximate surface area is 116 Å². The number of nitrogens with zero attached hydrogens (tertiary/aromatic N) is 2. The molecule has 0 unspecified atom stereocenters. The fourth-order valence-corrected chi connectivity index (χ4v) is 1.70. The third-order valence-corrected chi connectivity index (χ3v) is 2.40. The molecule has 1 aromatic carbocycles. The Morgan fingerprint density at radius 1 is 1.10 bits per heavy atom. The number of fused-ring (bicyclic) bond motifs is 1. The summed E-state index contributed by atoms with van der Waals surface area (Å²) < 4.78 is 38.5. The number of benzene rings is 1. The van der Waals surface area contributed by atoms with Crippen molar-refractivity contribution in [1.82, 2.24) is 9.97 Å². The van der Waals surface area contributed by atoms with Crippen LogP contribution in [-0.2, 0) is 6.18 Å². The molecule has 0 radical (unpaired) electrons. The summed E-state index contributed by atoms with van der Waals surface area (Å²) in [6.45, 7) is 7.78. The van der Waals surface area contributed by atoms with Crippen LogP contribution in [0.15, 0.2) is 24.5 Å². The van der Waals surface area contributed by atoms with Gasteiger partial charge in [-0.3, -0.25) is 0 Å². The van der Waals surface area contributed by atoms with Crippen LogP contribution in [0.25, 0.3) is 10.9 Å². The molecule has 110 valence electrons. The van der Waals surface area contributed by atoms with Gasteiger partial charge in [0.2, 0.25) is 0 Å². The van der Waals surface area contributed by atoms with Crippen LogP contribution in [0.4, 0.5) is 19.0 Å². The lowest BCUT2D eigenvalue weighted by Gasteiger charge is -2.13. The van der Waals surface area contributed by atoms with Crippen LogP contribution >= 0.6 is 0 Å². The lowest BCUT2D eigenvalue weighted by Crippen LogP contribution is -2.13. The number of hydrogen-bond donors (Lipinski definition) is 1. The van der Waals surface area contributed by atoms with Gasteiger partial charge in [0, 0.05) is 11.4 Å². The van der Waals surface area contributed by atoms with Gasteiger partial charge in [-0.15, -0.1) is 0 Å². The summed E-state index contributed by atoms with van der Waals surface area (Å²) in [5.41, 5.74) is -0.822. The third kappa shape index (κ3) is 3.59. The Bertz CT molecular complexity index is 565. The van der Waals surface area contributed by atoms with Crippen LogP contribution in [-0.4, -0.2) is 16.0 Å². The zero-order valence-corrected chi connectivity index (χ0v) is 11.9. The van der Waals surface area contributed by atoms with Crippen molar-refractivity contribution in [2.24, 2.45) is 0 Å². The minimum absolute atomic E-state index is 0.0804. The van der Waals surface area contributed by atoms with E-state index in [1.165, 1.54) is 6.07 Å².